The van der Waals surface area contributed by atoms with E-state index in [1.165, 1.54) is 40.0 Å². The number of carboxylic acid groups (broad SMARTS) is 1. The molecule has 0 aliphatic carbocycles. The van der Waals surface area contributed by atoms with Gasteiger partial charge in [-0.1, -0.05) is 11.8 Å². The monoisotopic (exact) mass is 400 g/mol. The third-order valence-corrected chi connectivity index (χ3v) is 6.51. The molecular formula is C13H16N6O5S2. The molecule has 1 aromatic rings. The van der Waals surface area contributed by atoms with Gasteiger partial charge in [0.2, 0.25) is 17.0 Å². The molecule has 3 atom stereocenters. The number of carbonyl (C=O) groups is 3. The number of carboxylic acids is 1. The molecular weight excluding hydrogens is 384 g/mol. The number of rotatable bonds is 8. The Morgan fingerprint density at radius 2 is 2.19 bits per heavy atom. The summed E-state index contributed by atoms with van der Waals surface area (Å²) in [6.07, 6.45) is -0.768. The van der Waals surface area contributed by atoms with Crippen LogP contribution in [0.25, 0.3) is 0 Å². The molecule has 0 radical (unpaired) electrons. The maximum absolute atomic E-state index is 12.1. The maximum Gasteiger partial charge on any atom is 0.353 e. The van der Waals surface area contributed by atoms with Crippen LogP contribution in [0.2, 0.25) is 0 Å². The fourth-order valence-corrected chi connectivity index (χ4v) is 5.35. The number of aryl methyl sites for hydroxylation is 1. The lowest BCUT2D eigenvalue weighted by Crippen LogP contribution is -2.60. The summed E-state index contributed by atoms with van der Waals surface area (Å²) in [6, 6.07) is 0. The van der Waals surface area contributed by atoms with Crippen molar-refractivity contribution in [1.29, 1.82) is 0 Å². The van der Waals surface area contributed by atoms with E-state index in [4.69, 9.17) is 5.73 Å². The molecule has 0 spiro atoms. The standard InChI is InChI=1S/C13H16N6O5S2/c1-5(20)8-10(22)19-9(12(23)24)6(26-11(8)19)4-25-13-15-16-17-18(13)3-2-7(14)21/h5,8,11,20H,2-4H2,1H3,(H2,14,21)(H,23,24)/t5-,8+,11-/m1/s1. The number of aromatic nitrogens is 4. The second-order valence-electron chi connectivity index (χ2n) is 5.75. The van der Waals surface area contributed by atoms with Gasteiger partial charge in [0.1, 0.15) is 11.1 Å². The minimum atomic E-state index is -1.19. The highest BCUT2D eigenvalue weighted by atomic mass is 32.2. The molecule has 3 heterocycles. The number of hydrogen-bond acceptors (Lipinski definition) is 9. The van der Waals surface area contributed by atoms with E-state index >= 15 is 0 Å². The van der Waals surface area contributed by atoms with Crippen LogP contribution in [0.3, 0.4) is 0 Å². The van der Waals surface area contributed by atoms with Crippen molar-refractivity contribution >= 4 is 41.3 Å². The third kappa shape index (κ3) is 3.29. The lowest BCUT2D eigenvalue weighted by atomic mass is 9.92. The van der Waals surface area contributed by atoms with Crippen molar-refractivity contribution in [3.63, 3.8) is 0 Å². The zero-order chi connectivity index (χ0) is 19.0. The van der Waals surface area contributed by atoms with Crippen LogP contribution in [0.4, 0.5) is 0 Å². The van der Waals surface area contributed by atoms with Gasteiger partial charge in [0.05, 0.1) is 18.6 Å². The topological polar surface area (TPSA) is 165 Å². The molecule has 1 aromatic heterocycles. The molecule has 3 rings (SSSR count). The average molecular weight is 400 g/mol. The Balaban J connectivity index is 1.72. The molecule has 2 aliphatic heterocycles. The number of primary amides is 1. The molecule has 2 amide bonds. The lowest BCUT2D eigenvalue weighted by molar-refractivity contribution is -0.156. The van der Waals surface area contributed by atoms with Gasteiger partial charge in [-0.3, -0.25) is 14.5 Å². The highest BCUT2D eigenvalue weighted by Crippen LogP contribution is 2.51. The summed E-state index contributed by atoms with van der Waals surface area (Å²) in [5, 5.41) is 30.4. The Bertz CT molecular complexity index is 794. The third-order valence-electron chi connectivity index (χ3n) is 3.98. The van der Waals surface area contributed by atoms with Crippen molar-refractivity contribution in [2.75, 3.05) is 5.75 Å². The lowest BCUT2D eigenvalue weighted by Gasteiger charge is -2.43. The maximum atomic E-state index is 12.1. The normalized spacial score (nSPS) is 23.0. The fraction of sp³-hybridized carbons (Fsp3) is 0.538. The Kier molecular flexibility index (Phi) is 5.20. The van der Waals surface area contributed by atoms with Crippen molar-refractivity contribution in [2.24, 2.45) is 11.7 Å². The van der Waals surface area contributed by atoms with Gasteiger partial charge in [0.25, 0.3) is 0 Å². The number of aliphatic carboxylic acids is 1. The smallest absolute Gasteiger partial charge is 0.353 e. The van der Waals surface area contributed by atoms with Crippen molar-refractivity contribution < 1.29 is 24.6 Å². The van der Waals surface area contributed by atoms with Crippen molar-refractivity contribution in [1.82, 2.24) is 25.1 Å². The molecule has 26 heavy (non-hydrogen) atoms. The first-order valence-electron chi connectivity index (χ1n) is 7.62. The first kappa shape index (κ1) is 18.7. The zero-order valence-electron chi connectivity index (χ0n) is 13.6. The molecule has 1 fully saturated rings. The summed E-state index contributed by atoms with van der Waals surface area (Å²) in [4.78, 5) is 36.4. The van der Waals surface area contributed by atoms with Crippen molar-refractivity contribution in [2.45, 2.75) is 36.5 Å². The van der Waals surface area contributed by atoms with E-state index in [9.17, 15) is 24.6 Å². The Morgan fingerprint density at radius 3 is 2.81 bits per heavy atom. The molecule has 0 unspecified atom stereocenters. The van der Waals surface area contributed by atoms with E-state index in [1.807, 2.05) is 0 Å². The van der Waals surface area contributed by atoms with Crippen molar-refractivity contribution in [3.8, 4) is 0 Å². The van der Waals surface area contributed by atoms with E-state index in [0.29, 0.717) is 10.1 Å². The second kappa shape index (κ2) is 7.25. The molecule has 0 aromatic carbocycles. The minimum absolute atomic E-state index is 0.0643. The summed E-state index contributed by atoms with van der Waals surface area (Å²) in [5.74, 6) is -2.43. The van der Waals surface area contributed by atoms with Crippen LogP contribution < -0.4 is 5.73 Å². The number of β-lactam (4-membered cyclic amide) rings is 1. The first-order chi connectivity index (χ1) is 12.3. The number of aliphatic hydroxyl groups is 1. The quantitative estimate of drug-likeness (QED) is 0.358. The van der Waals surface area contributed by atoms with Crippen LogP contribution in [0.1, 0.15) is 13.3 Å². The van der Waals surface area contributed by atoms with E-state index in [0.717, 1.165) is 0 Å². The number of nitrogens with two attached hydrogens (primary N) is 1. The van der Waals surface area contributed by atoms with Gasteiger partial charge in [-0.25, -0.2) is 9.48 Å². The first-order valence-corrected chi connectivity index (χ1v) is 9.49. The van der Waals surface area contributed by atoms with Crippen molar-refractivity contribution in [3.05, 3.63) is 10.6 Å². The predicted molar refractivity (Wildman–Crippen MR) is 90.4 cm³/mol. The molecule has 2 aliphatic rings. The molecule has 140 valence electrons. The number of nitrogens with zero attached hydrogens (tertiary/aromatic N) is 5. The van der Waals surface area contributed by atoms with Crippen LogP contribution in [-0.2, 0) is 20.9 Å². The molecule has 11 nitrogen and oxygen atoms in total. The van der Waals surface area contributed by atoms with Crippen LogP contribution in [0, 0.1) is 5.92 Å². The van der Waals surface area contributed by atoms with Gasteiger partial charge in [0, 0.05) is 17.1 Å². The summed E-state index contributed by atoms with van der Waals surface area (Å²) in [6.45, 7) is 1.74. The molecule has 1 saturated heterocycles. The minimum Gasteiger partial charge on any atom is -0.477 e. The highest BCUT2D eigenvalue weighted by molar-refractivity contribution is 8.06. The number of amides is 2. The predicted octanol–water partition coefficient (Wildman–Crippen LogP) is -1.15. The molecule has 0 bridgehead atoms. The van der Waals surface area contributed by atoms with E-state index < -0.39 is 29.3 Å². The van der Waals surface area contributed by atoms with Crippen LogP contribution in [0.5, 0.6) is 0 Å². The van der Waals surface area contributed by atoms with E-state index in [1.54, 1.807) is 0 Å². The summed E-state index contributed by atoms with van der Waals surface area (Å²) in [7, 11) is 0. The number of hydrogen-bond donors (Lipinski definition) is 3. The van der Waals surface area contributed by atoms with E-state index in [-0.39, 0.29) is 30.3 Å². The number of carbonyl (C=O) groups excluding carboxylic acids is 2. The zero-order valence-corrected chi connectivity index (χ0v) is 15.2. The summed E-state index contributed by atoms with van der Waals surface area (Å²) >= 11 is 2.45. The van der Waals surface area contributed by atoms with Gasteiger partial charge in [-0.2, -0.15) is 0 Å². The molecule has 13 heteroatoms. The van der Waals surface area contributed by atoms with Gasteiger partial charge < -0.3 is 15.9 Å². The number of fused-ring (bicyclic) bond motifs is 1. The summed E-state index contributed by atoms with van der Waals surface area (Å²) in [5.41, 5.74) is 5.05. The van der Waals surface area contributed by atoms with E-state index in [2.05, 4.69) is 15.5 Å². The van der Waals surface area contributed by atoms with Gasteiger partial charge in [-0.05, 0) is 17.4 Å². The Morgan fingerprint density at radius 1 is 1.46 bits per heavy atom. The number of tetrazole rings is 1. The second-order valence-corrected chi connectivity index (χ2v) is 7.90. The van der Waals surface area contributed by atoms with Gasteiger partial charge in [-0.15, -0.1) is 16.9 Å². The SMILES string of the molecule is C[C@@H](O)[C@H]1C(=O)N2C(C(=O)O)=C(CSc3nnnn3CCC(N)=O)S[C@H]12. The average Bonchev–Trinajstić information content (AvgIpc) is 3.12. The van der Waals surface area contributed by atoms with Crippen LogP contribution in [0.15, 0.2) is 15.8 Å². The Labute approximate surface area is 156 Å². The number of thioether (sulfide) groups is 2. The molecule has 0 saturated carbocycles. The largest absolute Gasteiger partial charge is 0.477 e. The Hall–Kier alpha value is -2.12. The van der Waals surface area contributed by atoms with Crippen LogP contribution >= 0.6 is 23.5 Å². The number of aliphatic hydroxyl groups excluding tert-OH is 1. The van der Waals surface area contributed by atoms with Crippen LogP contribution in [-0.4, -0.2) is 70.3 Å². The fourth-order valence-electron chi connectivity index (χ4n) is 2.74. The summed E-state index contributed by atoms with van der Waals surface area (Å²) < 4.78 is 1.41. The van der Waals surface area contributed by atoms with Gasteiger partial charge in [0.15, 0.2) is 0 Å². The highest BCUT2D eigenvalue weighted by Gasteiger charge is 2.57. The molecule has 4 N–H and O–H groups in total. The van der Waals surface area contributed by atoms with Gasteiger partial charge >= 0.3 is 5.97 Å².